The quantitative estimate of drug-likeness (QED) is 0.720. The molecule has 1 aliphatic heterocycles. The molecule has 1 saturated heterocycles. The third kappa shape index (κ3) is 2.84. The van der Waals surface area contributed by atoms with E-state index in [9.17, 15) is 0 Å². The second-order valence-corrected chi connectivity index (χ2v) is 6.37. The fourth-order valence-corrected chi connectivity index (χ4v) is 3.74. The lowest BCUT2D eigenvalue weighted by atomic mass is 10.3. The summed E-state index contributed by atoms with van der Waals surface area (Å²) in [6.07, 6.45) is 3.21. The number of ether oxygens (including phenoxy) is 1. The smallest absolute Gasteiger partial charge is 0.218 e. The molecule has 0 bridgehead atoms. The van der Waals surface area contributed by atoms with Crippen LogP contribution in [0, 0.1) is 0 Å². The lowest BCUT2D eigenvalue weighted by molar-refractivity contribution is 0.326. The summed E-state index contributed by atoms with van der Waals surface area (Å²) in [4.78, 5) is 21.9. The number of fused-ring (bicyclic) bond motifs is 1. The van der Waals surface area contributed by atoms with E-state index in [1.165, 1.54) is 0 Å². The highest BCUT2D eigenvalue weighted by Gasteiger charge is 2.21. The highest BCUT2D eigenvalue weighted by molar-refractivity contribution is 7.17. The van der Waals surface area contributed by atoms with Crippen molar-refractivity contribution in [2.75, 3.05) is 42.6 Å². The van der Waals surface area contributed by atoms with Gasteiger partial charge in [-0.3, -0.25) is 0 Å². The Balaban J connectivity index is 1.49. The van der Waals surface area contributed by atoms with Gasteiger partial charge in [-0.05, 0) is 18.4 Å². The maximum absolute atomic E-state index is 5.46. The van der Waals surface area contributed by atoms with Crippen LogP contribution in [0.4, 0.5) is 11.6 Å². The fourth-order valence-electron chi connectivity index (χ4n) is 2.88. The van der Waals surface area contributed by atoms with Crippen LogP contribution < -0.4 is 14.5 Å². The van der Waals surface area contributed by atoms with Gasteiger partial charge in [-0.25, -0.2) is 19.9 Å². The topological polar surface area (TPSA) is 67.3 Å². The minimum Gasteiger partial charge on any atom is -0.478 e. The summed E-state index contributed by atoms with van der Waals surface area (Å²) in [5.41, 5.74) is 1.02. The number of piperazine rings is 1. The zero-order valence-electron chi connectivity index (χ0n) is 13.4. The summed E-state index contributed by atoms with van der Waals surface area (Å²) in [6.45, 7) is 6.14. The van der Waals surface area contributed by atoms with E-state index in [0.717, 1.165) is 48.0 Å². The van der Waals surface area contributed by atoms with Gasteiger partial charge in [0.1, 0.15) is 24.3 Å². The summed E-state index contributed by atoms with van der Waals surface area (Å²) in [5, 5.41) is 2.06. The van der Waals surface area contributed by atoms with Crippen molar-refractivity contribution >= 4 is 33.2 Å². The molecule has 4 rings (SSSR count). The van der Waals surface area contributed by atoms with Gasteiger partial charge in [0, 0.05) is 32.2 Å². The molecule has 8 heteroatoms. The van der Waals surface area contributed by atoms with Crippen molar-refractivity contribution in [3.05, 3.63) is 30.2 Å². The number of thiophene rings is 1. The van der Waals surface area contributed by atoms with Gasteiger partial charge in [-0.1, -0.05) is 0 Å². The molecule has 0 saturated carbocycles. The highest BCUT2D eigenvalue weighted by atomic mass is 32.1. The second kappa shape index (κ2) is 6.56. The van der Waals surface area contributed by atoms with Crippen LogP contribution >= 0.6 is 11.3 Å². The molecule has 0 aromatic carbocycles. The van der Waals surface area contributed by atoms with E-state index in [4.69, 9.17) is 4.74 Å². The Morgan fingerprint density at radius 2 is 1.83 bits per heavy atom. The van der Waals surface area contributed by atoms with Gasteiger partial charge in [0.15, 0.2) is 0 Å². The summed E-state index contributed by atoms with van der Waals surface area (Å²) >= 11 is 1.69. The van der Waals surface area contributed by atoms with Gasteiger partial charge in [0.25, 0.3) is 0 Å². The molecular weight excluding hydrogens is 324 g/mol. The molecule has 0 spiro atoms. The molecule has 24 heavy (non-hydrogen) atoms. The van der Waals surface area contributed by atoms with Crippen molar-refractivity contribution < 1.29 is 4.74 Å². The first-order valence-electron chi connectivity index (χ1n) is 7.98. The Bertz CT molecular complexity index is 830. The SMILES string of the molecule is CCOc1cc(N2CCN(c3ncnc4ccsc34)CC2)ncn1. The molecular formula is C16H18N6OS. The number of aromatic nitrogens is 4. The maximum Gasteiger partial charge on any atom is 0.218 e. The molecule has 4 heterocycles. The monoisotopic (exact) mass is 342 g/mol. The van der Waals surface area contributed by atoms with Crippen molar-refractivity contribution in [2.45, 2.75) is 6.92 Å². The number of rotatable bonds is 4. The Morgan fingerprint density at radius 3 is 2.67 bits per heavy atom. The van der Waals surface area contributed by atoms with Crippen LogP contribution in [0.5, 0.6) is 5.88 Å². The van der Waals surface area contributed by atoms with E-state index in [0.29, 0.717) is 12.5 Å². The molecule has 0 radical (unpaired) electrons. The van der Waals surface area contributed by atoms with E-state index >= 15 is 0 Å². The lowest BCUT2D eigenvalue weighted by Crippen LogP contribution is -2.47. The predicted octanol–water partition coefficient (Wildman–Crippen LogP) is 2.21. The minimum absolute atomic E-state index is 0.606. The van der Waals surface area contributed by atoms with E-state index in [2.05, 4.69) is 35.1 Å². The third-order valence-electron chi connectivity index (χ3n) is 4.05. The van der Waals surface area contributed by atoms with Gasteiger partial charge in [-0.2, -0.15) is 0 Å². The van der Waals surface area contributed by atoms with Gasteiger partial charge in [0.05, 0.1) is 16.8 Å². The number of hydrogen-bond acceptors (Lipinski definition) is 8. The van der Waals surface area contributed by atoms with Gasteiger partial charge < -0.3 is 14.5 Å². The van der Waals surface area contributed by atoms with Crippen LogP contribution in [-0.2, 0) is 0 Å². The number of hydrogen-bond donors (Lipinski definition) is 0. The van der Waals surface area contributed by atoms with E-state index in [1.54, 1.807) is 24.0 Å². The lowest BCUT2D eigenvalue weighted by Gasteiger charge is -2.36. The molecule has 3 aromatic heterocycles. The first kappa shape index (κ1) is 15.1. The zero-order chi connectivity index (χ0) is 16.4. The van der Waals surface area contributed by atoms with Crippen molar-refractivity contribution in [1.29, 1.82) is 0 Å². The average molecular weight is 342 g/mol. The largest absolute Gasteiger partial charge is 0.478 e. The van der Waals surface area contributed by atoms with E-state index in [-0.39, 0.29) is 0 Å². The number of anilines is 2. The molecule has 1 fully saturated rings. The summed E-state index contributed by atoms with van der Waals surface area (Å²) in [5.74, 6) is 2.57. The van der Waals surface area contributed by atoms with Crippen LogP contribution in [0.1, 0.15) is 6.92 Å². The van der Waals surface area contributed by atoms with Crippen LogP contribution in [0.3, 0.4) is 0 Å². The first-order valence-corrected chi connectivity index (χ1v) is 8.86. The Morgan fingerprint density at radius 1 is 1.04 bits per heavy atom. The van der Waals surface area contributed by atoms with Crippen molar-refractivity contribution in [3.8, 4) is 5.88 Å². The third-order valence-corrected chi connectivity index (χ3v) is 4.95. The minimum atomic E-state index is 0.606. The Hall–Kier alpha value is -2.48. The zero-order valence-corrected chi connectivity index (χ0v) is 14.2. The molecule has 0 atom stereocenters. The maximum atomic E-state index is 5.46. The van der Waals surface area contributed by atoms with Gasteiger partial charge in [0.2, 0.25) is 5.88 Å². The Labute approximate surface area is 144 Å². The first-order chi connectivity index (χ1) is 11.8. The fraction of sp³-hybridized carbons (Fsp3) is 0.375. The average Bonchev–Trinajstić information content (AvgIpc) is 3.11. The predicted molar refractivity (Wildman–Crippen MR) is 95.0 cm³/mol. The van der Waals surface area contributed by atoms with Gasteiger partial charge >= 0.3 is 0 Å². The van der Waals surface area contributed by atoms with Crippen LogP contribution in [-0.4, -0.2) is 52.7 Å². The van der Waals surface area contributed by atoms with Gasteiger partial charge in [-0.15, -0.1) is 11.3 Å². The molecule has 0 N–H and O–H groups in total. The highest BCUT2D eigenvalue weighted by Crippen LogP contribution is 2.29. The molecule has 1 aliphatic rings. The number of nitrogens with zero attached hydrogens (tertiary/aromatic N) is 6. The summed E-state index contributed by atoms with van der Waals surface area (Å²) in [6, 6.07) is 3.94. The van der Waals surface area contributed by atoms with Crippen LogP contribution in [0.15, 0.2) is 30.2 Å². The molecule has 0 unspecified atom stereocenters. The molecule has 0 aliphatic carbocycles. The molecule has 3 aromatic rings. The van der Waals surface area contributed by atoms with Crippen molar-refractivity contribution in [3.63, 3.8) is 0 Å². The summed E-state index contributed by atoms with van der Waals surface area (Å²) in [7, 11) is 0. The summed E-state index contributed by atoms with van der Waals surface area (Å²) < 4.78 is 6.62. The van der Waals surface area contributed by atoms with Crippen molar-refractivity contribution in [1.82, 2.24) is 19.9 Å². The van der Waals surface area contributed by atoms with Crippen LogP contribution in [0.2, 0.25) is 0 Å². The standard InChI is InChI=1S/C16H18N6OS/c1-2-23-14-9-13(18-11-19-14)21-4-6-22(7-5-21)16-15-12(3-8-24-15)17-10-20-16/h3,8-11H,2,4-7H2,1H3. The molecule has 7 nitrogen and oxygen atoms in total. The van der Waals surface area contributed by atoms with E-state index < -0.39 is 0 Å². The van der Waals surface area contributed by atoms with E-state index in [1.807, 2.05) is 19.1 Å². The van der Waals surface area contributed by atoms with Crippen molar-refractivity contribution in [2.24, 2.45) is 0 Å². The second-order valence-electron chi connectivity index (χ2n) is 5.45. The Kier molecular flexibility index (Phi) is 4.12. The van der Waals surface area contributed by atoms with Crippen LogP contribution in [0.25, 0.3) is 10.2 Å². The molecule has 0 amide bonds. The normalized spacial score (nSPS) is 15.0. The molecule has 124 valence electrons.